The molecule has 0 bridgehead atoms. The minimum atomic E-state index is 0.595. The minimum Gasteiger partial charge on any atom is -0.265 e. The Morgan fingerprint density at radius 2 is 1.62 bits per heavy atom. The van der Waals surface area contributed by atoms with E-state index in [4.69, 9.17) is 0 Å². The van der Waals surface area contributed by atoms with Crippen LogP contribution >= 0.6 is 25.3 Å². The van der Waals surface area contributed by atoms with Gasteiger partial charge in [0, 0.05) is 12.4 Å². The van der Waals surface area contributed by atoms with Gasteiger partial charge in [-0.15, -0.1) is 0 Å². The lowest BCUT2D eigenvalue weighted by atomic mass is 9.95. The van der Waals surface area contributed by atoms with Crippen molar-refractivity contribution in [3.8, 4) is 0 Å². The van der Waals surface area contributed by atoms with Gasteiger partial charge in [-0.25, -0.2) is 0 Å². The second-order valence-corrected chi connectivity index (χ2v) is 3.90. The molecule has 1 nitrogen and oxygen atoms in total. The molecule has 1 aromatic heterocycles. The Hall–Kier alpha value is -0.150. The first kappa shape index (κ1) is 10.9. The third-order valence-corrected chi connectivity index (χ3v) is 2.65. The molecular weight excluding hydrogens is 198 g/mol. The smallest absolute Gasteiger partial charge is 0.0270 e. The van der Waals surface area contributed by atoms with Crippen molar-refractivity contribution < 1.29 is 0 Å². The van der Waals surface area contributed by atoms with E-state index >= 15 is 0 Å². The van der Waals surface area contributed by atoms with Crippen LogP contribution in [0.25, 0.3) is 0 Å². The molecule has 0 unspecified atom stereocenters. The van der Waals surface area contributed by atoms with Crippen molar-refractivity contribution in [2.75, 3.05) is 11.5 Å². The summed E-state index contributed by atoms with van der Waals surface area (Å²) in [4.78, 5) is 4.01. The Morgan fingerprint density at radius 3 is 2.08 bits per heavy atom. The molecule has 0 aliphatic rings. The zero-order valence-corrected chi connectivity index (χ0v) is 9.35. The highest BCUT2D eigenvalue weighted by Crippen LogP contribution is 2.23. The highest BCUT2D eigenvalue weighted by atomic mass is 32.1. The van der Waals surface area contributed by atoms with Gasteiger partial charge in [0.2, 0.25) is 0 Å². The number of hydrogen-bond acceptors (Lipinski definition) is 3. The van der Waals surface area contributed by atoms with Gasteiger partial charge < -0.3 is 0 Å². The van der Waals surface area contributed by atoms with E-state index in [0.29, 0.717) is 5.92 Å². The Labute approximate surface area is 90.8 Å². The number of rotatable bonds is 5. The van der Waals surface area contributed by atoms with E-state index in [-0.39, 0.29) is 0 Å². The lowest BCUT2D eigenvalue weighted by Crippen LogP contribution is -2.00. The summed E-state index contributed by atoms with van der Waals surface area (Å²) in [7, 11) is 0. The van der Waals surface area contributed by atoms with Crippen molar-refractivity contribution in [2.24, 2.45) is 0 Å². The van der Waals surface area contributed by atoms with E-state index in [1.165, 1.54) is 5.56 Å². The van der Waals surface area contributed by atoms with Gasteiger partial charge >= 0.3 is 0 Å². The average Bonchev–Trinajstić information content (AvgIpc) is 2.19. The first-order valence-corrected chi connectivity index (χ1v) is 5.76. The Morgan fingerprint density at radius 1 is 1.08 bits per heavy atom. The molecule has 0 aliphatic carbocycles. The number of aromatic nitrogens is 1. The van der Waals surface area contributed by atoms with Crippen LogP contribution in [0.5, 0.6) is 0 Å². The fourth-order valence-corrected chi connectivity index (χ4v) is 2.05. The molecule has 0 saturated heterocycles. The van der Waals surface area contributed by atoms with Crippen molar-refractivity contribution in [1.29, 1.82) is 0 Å². The molecule has 13 heavy (non-hydrogen) atoms. The summed E-state index contributed by atoms with van der Waals surface area (Å²) in [5.74, 6) is 2.46. The fourth-order valence-electron chi connectivity index (χ4n) is 1.42. The van der Waals surface area contributed by atoms with E-state index in [0.717, 1.165) is 24.3 Å². The topological polar surface area (TPSA) is 12.9 Å². The van der Waals surface area contributed by atoms with Gasteiger partial charge in [-0.05, 0) is 48.0 Å². The first-order valence-electron chi connectivity index (χ1n) is 4.50. The molecule has 0 spiro atoms. The van der Waals surface area contributed by atoms with Gasteiger partial charge in [-0.1, -0.05) is 0 Å². The Balaban J connectivity index is 2.64. The predicted octanol–water partition coefficient (Wildman–Crippen LogP) is 2.81. The molecule has 0 fully saturated rings. The van der Waals surface area contributed by atoms with E-state index in [2.05, 4.69) is 42.4 Å². The zero-order valence-electron chi connectivity index (χ0n) is 7.56. The van der Waals surface area contributed by atoms with Crippen LogP contribution in [0.1, 0.15) is 24.3 Å². The molecular formula is C10H15NS2. The molecule has 0 radical (unpaired) electrons. The average molecular weight is 213 g/mol. The van der Waals surface area contributed by atoms with Crippen LogP contribution in [0.2, 0.25) is 0 Å². The van der Waals surface area contributed by atoms with Crippen molar-refractivity contribution in [2.45, 2.75) is 18.8 Å². The van der Waals surface area contributed by atoms with Gasteiger partial charge in [-0.3, -0.25) is 4.98 Å². The normalized spacial score (nSPS) is 10.7. The maximum Gasteiger partial charge on any atom is 0.0270 e. The molecule has 0 amide bonds. The van der Waals surface area contributed by atoms with Crippen molar-refractivity contribution in [3.63, 3.8) is 0 Å². The predicted molar refractivity (Wildman–Crippen MR) is 63.9 cm³/mol. The highest BCUT2D eigenvalue weighted by molar-refractivity contribution is 7.80. The van der Waals surface area contributed by atoms with Crippen LogP contribution in [-0.4, -0.2) is 16.5 Å². The monoisotopic (exact) mass is 213 g/mol. The number of thiol groups is 2. The van der Waals surface area contributed by atoms with Gasteiger partial charge in [0.15, 0.2) is 0 Å². The first-order chi connectivity index (χ1) is 6.38. The van der Waals surface area contributed by atoms with Crippen LogP contribution < -0.4 is 0 Å². The molecule has 0 saturated carbocycles. The van der Waals surface area contributed by atoms with Crippen LogP contribution in [0.3, 0.4) is 0 Å². The van der Waals surface area contributed by atoms with E-state index in [1.807, 2.05) is 12.4 Å². The molecule has 1 rings (SSSR count). The van der Waals surface area contributed by atoms with Gasteiger partial charge in [0.1, 0.15) is 0 Å². The number of nitrogens with zero attached hydrogens (tertiary/aromatic N) is 1. The summed E-state index contributed by atoms with van der Waals surface area (Å²) in [5, 5.41) is 0. The van der Waals surface area contributed by atoms with Gasteiger partial charge in [0.25, 0.3) is 0 Å². The molecule has 0 N–H and O–H groups in total. The molecule has 3 heteroatoms. The highest BCUT2D eigenvalue weighted by Gasteiger charge is 2.08. The fraction of sp³-hybridized carbons (Fsp3) is 0.500. The third-order valence-electron chi connectivity index (χ3n) is 2.13. The second-order valence-electron chi connectivity index (χ2n) is 3.00. The lowest BCUT2D eigenvalue weighted by molar-refractivity contribution is 0.653. The van der Waals surface area contributed by atoms with E-state index in [1.54, 1.807) is 0 Å². The summed E-state index contributed by atoms with van der Waals surface area (Å²) >= 11 is 8.52. The number of pyridine rings is 1. The molecule has 72 valence electrons. The maximum absolute atomic E-state index is 4.26. The molecule has 0 atom stereocenters. The summed E-state index contributed by atoms with van der Waals surface area (Å²) < 4.78 is 0. The van der Waals surface area contributed by atoms with Gasteiger partial charge in [0.05, 0.1) is 0 Å². The lowest BCUT2D eigenvalue weighted by Gasteiger charge is -2.14. The molecule has 0 aliphatic heterocycles. The van der Waals surface area contributed by atoms with Crippen LogP contribution in [0, 0.1) is 0 Å². The largest absolute Gasteiger partial charge is 0.265 e. The van der Waals surface area contributed by atoms with Crippen molar-refractivity contribution >= 4 is 25.3 Å². The SMILES string of the molecule is SCCC(CCS)c1ccncc1. The van der Waals surface area contributed by atoms with Crippen molar-refractivity contribution in [1.82, 2.24) is 4.98 Å². The zero-order chi connectivity index (χ0) is 9.52. The standard InChI is InChI=1S/C10H15NS2/c12-7-3-10(4-8-13)9-1-5-11-6-2-9/h1-2,5-6,10,12-13H,3-4,7-8H2. The summed E-state index contributed by atoms with van der Waals surface area (Å²) in [5.41, 5.74) is 1.36. The summed E-state index contributed by atoms with van der Waals surface area (Å²) in [6.07, 6.45) is 5.93. The minimum absolute atomic E-state index is 0.595. The molecule has 1 aromatic rings. The second kappa shape index (κ2) is 6.33. The Bertz CT molecular complexity index is 220. The van der Waals surface area contributed by atoms with Crippen LogP contribution in [-0.2, 0) is 0 Å². The summed E-state index contributed by atoms with van der Waals surface area (Å²) in [6, 6.07) is 4.16. The summed E-state index contributed by atoms with van der Waals surface area (Å²) in [6.45, 7) is 0. The number of hydrogen-bond donors (Lipinski definition) is 2. The van der Waals surface area contributed by atoms with Crippen LogP contribution in [0.4, 0.5) is 0 Å². The Kier molecular flexibility index (Phi) is 5.32. The van der Waals surface area contributed by atoms with Crippen molar-refractivity contribution in [3.05, 3.63) is 30.1 Å². The third kappa shape index (κ3) is 3.61. The van der Waals surface area contributed by atoms with E-state index < -0.39 is 0 Å². The molecule has 1 heterocycles. The van der Waals surface area contributed by atoms with Gasteiger partial charge in [-0.2, -0.15) is 25.3 Å². The quantitative estimate of drug-likeness (QED) is 0.717. The molecule has 0 aromatic carbocycles. The van der Waals surface area contributed by atoms with Crippen LogP contribution in [0.15, 0.2) is 24.5 Å². The maximum atomic E-state index is 4.26. The van der Waals surface area contributed by atoms with E-state index in [9.17, 15) is 0 Å².